The fraction of sp³-hybridized carbons (Fsp3) is 0.667. The molecule has 1 aromatic heterocycles. The lowest BCUT2D eigenvalue weighted by molar-refractivity contribution is -0.136. The number of rotatable bonds is 3. The summed E-state index contributed by atoms with van der Waals surface area (Å²) < 4.78 is 0. The largest absolute Gasteiger partial charge is 0.339 e. The van der Waals surface area contributed by atoms with Gasteiger partial charge in [0.25, 0.3) is 0 Å². The zero-order chi connectivity index (χ0) is 12.5. The van der Waals surface area contributed by atoms with Gasteiger partial charge >= 0.3 is 0 Å². The van der Waals surface area contributed by atoms with Crippen LogP contribution in [0, 0.1) is 6.92 Å². The van der Waals surface area contributed by atoms with Gasteiger partial charge in [-0.1, -0.05) is 0 Å². The standard InChI is InChI=1S/C12H19N3OS/c1-9-10(17-8-13-9)7-15(3)11(16)12(2)5-4-6-14-12/h8,14H,4-7H2,1-3H3. The van der Waals surface area contributed by atoms with Gasteiger partial charge in [0.2, 0.25) is 5.91 Å². The first-order valence-corrected chi connectivity index (χ1v) is 6.80. The normalized spacial score (nSPS) is 23.9. The number of nitrogens with zero attached hydrogens (tertiary/aromatic N) is 2. The van der Waals surface area contributed by atoms with E-state index in [9.17, 15) is 4.79 Å². The summed E-state index contributed by atoms with van der Waals surface area (Å²) in [6.07, 6.45) is 2.01. The molecule has 2 heterocycles. The summed E-state index contributed by atoms with van der Waals surface area (Å²) in [6.45, 7) is 5.58. The van der Waals surface area contributed by atoms with Crippen LogP contribution >= 0.6 is 11.3 Å². The highest BCUT2D eigenvalue weighted by molar-refractivity contribution is 7.09. The minimum Gasteiger partial charge on any atom is -0.339 e. The summed E-state index contributed by atoms with van der Waals surface area (Å²) in [5.74, 6) is 0.183. The van der Waals surface area contributed by atoms with Gasteiger partial charge in [0.15, 0.2) is 0 Å². The minimum atomic E-state index is -0.368. The van der Waals surface area contributed by atoms with Crippen LogP contribution in [0.2, 0.25) is 0 Å². The number of aryl methyl sites for hydroxylation is 1. The number of carbonyl (C=O) groups is 1. The summed E-state index contributed by atoms with van der Waals surface area (Å²) in [6, 6.07) is 0. The highest BCUT2D eigenvalue weighted by Crippen LogP contribution is 2.22. The fourth-order valence-corrected chi connectivity index (χ4v) is 3.09. The van der Waals surface area contributed by atoms with E-state index < -0.39 is 0 Å². The lowest BCUT2D eigenvalue weighted by Crippen LogP contribution is -2.51. The quantitative estimate of drug-likeness (QED) is 0.889. The maximum absolute atomic E-state index is 12.4. The van der Waals surface area contributed by atoms with Crippen LogP contribution in [-0.2, 0) is 11.3 Å². The lowest BCUT2D eigenvalue weighted by Gasteiger charge is -2.29. The number of hydrogen-bond donors (Lipinski definition) is 1. The van der Waals surface area contributed by atoms with E-state index in [1.807, 2.05) is 26.4 Å². The summed E-state index contributed by atoms with van der Waals surface area (Å²) >= 11 is 1.61. The Hall–Kier alpha value is -0.940. The van der Waals surface area contributed by atoms with Crippen LogP contribution in [0.15, 0.2) is 5.51 Å². The van der Waals surface area contributed by atoms with Crippen molar-refractivity contribution in [2.45, 2.75) is 38.8 Å². The van der Waals surface area contributed by atoms with E-state index in [1.165, 1.54) is 4.88 Å². The maximum Gasteiger partial charge on any atom is 0.242 e. The number of nitrogens with one attached hydrogen (secondary N) is 1. The summed E-state index contributed by atoms with van der Waals surface area (Å²) in [5.41, 5.74) is 2.49. The highest BCUT2D eigenvalue weighted by atomic mass is 32.1. The number of likely N-dealkylation sites (N-methyl/N-ethyl adjacent to an activating group) is 1. The topological polar surface area (TPSA) is 45.2 Å². The smallest absolute Gasteiger partial charge is 0.242 e. The number of amides is 1. The molecule has 0 saturated carbocycles. The van der Waals surface area contributed by atoms with Crippen LogP contribution in [-0.4, -0.2) is 34.9 Å². The number of hydrogen-bond acceptors (Lipinski definition) is 4. The molecule has 0 aromatic carbocycles. The SMILES string of the molecule is Cc1ncsc1CN(C)C(=O)C1(C)CCCN1. The maximum atomic E-state index is 12.4. The molecule has 1 atom stereocenters. The Balaban J connectivity index is 2.03. The molecule has 0 radical (unpaired) electrons. The molecule has 1 unspecified atom stereocenters. The molecule has 0 aliphatic carbocycles. The van der Waals surface area contributed by atoms with Crippen molar-refractivity contribution in [1.29, 1.82) is 0 Å². The Morgan fingerprint density at radius 3 is 3.00 bits per heavy atom. The summed E-state index contributed by atoms with van der Waals surface area (Å²) in [7, 11) is 1.87. The zero-order valence-electron chi connectivity index (χ0n) is 10.6. The molecular formula is C12H19N3OS. The van der Waals surface area contributed by atoms with Gasteiger partial charge in [-0.15, -0.1) is 11.3 Å². The van der Waals surface area contributed by atoms with Gasteiger partial charge in [-0.05, 0) is 33.2 Å². The Morgan fingerprint density at radius 2 is 2.47 bits per heavy atom. The van der Waals surface area contributed by atoms with Crippen molar-refractivity contribution >= 4 is 17.2 Å². The van der Waals surface area contributed by atoms with Crippen LogP contribution in [0.3, 0.4) is 0 Å². The molecule has 1 saturated heterocycles. The second-order valence-electron chi connectivity index (χ2n) is 4.88. The third-order valence-electron chi connectivity index (χ3n) is 3.41. The second-order valence-corrected chi connectivity index (χ2v) is 5.82. The summed E-state index contributed by atoms with van der Waals surface area (Å²) in [5, 5.41) is 3.30. The van der Waals surface area contributed by atoms with Gasteiger partial charge < -0.3 is 10.2 Å². The second kappa shape index (κ2) is 4.74. The molecule has 5 heteroatoms. The van der Waals surface area contributed by atoms with E-state index in [-0.39, 0.29) is 11.4 Å². The Morgan fingerprint density at radius 1 is 1.71 bits per heavy atom. The van der Waals surface area contributed by atoms with Crippen molar-refractivity contribution in [2.75, 3.05) is 13.6 Å². The molecule has 1 aliphatic rings. The van der Waals surface area contributed by atoms with Crippen molar-refractivity contribution in [1.82, 2.24) is 15.2 Å². The van der Waals surface area contributed by atoms with Crippen LogP contribution in [0.5, 0.6) is 0 Å². The predicted octanol–water partition coefficient (Wildman–Crippen LogP) is 1.55. The van der Waals surface area contributed by atoms with Gasteiger partial charge in [0, 0.05) is 11.9 Å². The van der Waals surface area contributed by atoms with Gasteiger partial charge in [-0.3, -0.25) is 4.79 Å². The molecule has 1 fully saturated rings. The van der Waals surface area contributed by atoms with Crippen molar-refractivity contribution in [2.24, 2.45) is 0 Å². The molecule has 94 valence electrons. The predicted molar refractivity (Wildman–Crippen MR) is 69.0 cm³/mol. The molecule has 0 spiro atoms. The van der Waals surface area contributed by atoms with Gasteiger partial charge in [0.1, 0.15) is 0 Å². The Bertz CT molecular complexity index is 410. The molecule has 2 rings (SSSR count). The van der Waals surface area contributed by atoms with E-state index in [2.05, 4.69) is 10.3 Å². The first-order valence-electron chi connectivity index (χ1n) is 5.92. The van der Waals surface area contributed by atoms with E-state index >= 15 is 0 Å². The van der Waals surface area contributed by atoms with E-state index in [0.717, 1.165) is 25.1 Å². The van der Waals surface area contributed by atoms with Gasteiger partial charge in [-0.2, -0.15) is 0 Å². The molecular weight excluding hydrogens is 234 g/mol. The van der Waals surface area contributed by atoms with E-state index in [4.69, 9.17) is 0 Å². The summed E-state index contributed by atoms with van der Waals surface area (Å²) in [4.78, 5) is 19.5. The number of thiazole rings is 1. The number of aromatic nitrogens is 1. The van der Waals surface area contributed by atoms with Crippen molar-refractivity contribution in [3.63, 3.8) is 0 Å². The van der Waals surface area contributed by atoms with E-state index in [1.54, 1.807) is 16.2 Å². The van der Waals surface area contributed by atoms with Crippen LogP contribution in [0.4, 0.5) is 0 Å². The van der Waals surface area contributed by atoms with Crippen LogP contribution < -0.4 is 5.32 Å². The molecule has 1 aliphatic heterocycles. The number of carbonyl (C=O) groups excluding carboxylic acids is 1. The third kappa shape index (κ3) is 2.50. The Labute approximate surface area is 106 Å². The van der Waals surface area contributed by atoms with Crippen molar-refractivity contribution in [3.8, 4) is 0 Å². The molecule has 17 heavy (non-hydrogen) atoms. The average Bonchev–Trinajstić information content (AvgIpc) is 2.89. The minimum absolute atomic E-state index is 0.183. The molecule has 1 aromatic rings. The first-order chi connectivity index (χ1) is 8.03. The Kier molecular flexibility index (Phi) is 3.49. The van der Waals surface area contributed by atoms with Gasteiger partial charge in [-0.25, -0.2) is 4.98 Å². The lowest BCUT2D eigenvalue weighted by atomic mass is 9.98. The fourth-order valence-electron chi connectivity index (χ4n) is 2.26. The van der Waals surface area contributed by atoms with Crippen molar-refractivity contribution in [3.05, 3.63) is 16.1 Å². The van der Waals surface area contributed by atoms with Crippen LogP contribution in [0.25, 0.3) is 0 Å². The van der Waals surface area contributed by atoms with Crippen LogP contribution in [0.1, 0.15) is 30.3 Å². The average molecular weight is 253 g/mol. The van der Waals surface area contributed by atoms with Crippen molar-refractivity contribution < 1.29 is 4.79 Å². The van der Waals surface area contributed by atoms with E-state index in [0.29, 0.717) is 6.54 Å². The first kappa shape index (κ1) is 12.5. The molecule has 1 amide bonds. The molecule has 1 N–H and O–H groups in total. The monoisotopic (exact) mass is 253 g/mol. The zero-order valence-corrected chi connectivity index (χ0v) is 11.4. The van der Waals surface area contributed by atoms with Gasteiger partial charge in [0.05, 0.1) is 23.3 Å². The third-order valence-corrected chi connectivity index (χ3v) is 4.33. The highest BCUT2D eigenvalue weighted by Gasteiger charge is 2.37. The molecule has 0 bridgehead atoms. The molecule has 4 nitrogen and oxygen atoms in total.